The Morgan fingerprint density at radius 1 is 1.16 bits per heavy atom. The third-order valence-corrected chi connectivity index (χ3v) is 4.87. The Kier molecular flexibility index (Phi) is 5.09. The highest BCUT2D eigenvalue weighted by atomic mass is 35.5. The molecular weight excluding hydrogens is 336 g/mol. The zero-order valence-electron chi connectivity index (χ0n) is 14.4. The van der Waals surface area contributed by atoms with Crippen LogP contribution >= 0.6 is 11.6 Å². The van der Waals surface area contributed by atoms with Gasteiger partial charge in [0.1, 0.15) is 6.04 Å². The highest BCUT2D eigenvalue weighted by molar-refractivity contribution is 6.31. The number of amides is 2. The Hall–Kier alpha value is -2.33. The van der Waals surface area contributed by atoms with Gasteiger partial charge in [-0.1, -0.05) is 48.0 Å². The minimum atomic E-state index is -0.483. The average molecular weight is 357 g/mol. The highest BCUT2D eigenvalue weighted by Gasteiger charge is 2.35. The number of aryl methyl sites for hydroxylation is 1. The summed E-state index contributed by atoms with van der Waals surface area (Å²) in [5, 5.41) is 0.601. The fraction of sp³-hybridized carbons (Fsp3) is 0.300. The molecule has 0 spiro atoms. The summed E-state index contributed by atoms with van der Waals surface area (Å²) in [6.07, 6.45) is 0.314. The minimum absolute atomic E-state index is 0.0190. The van der Waals surface area contributed by atoms with Crippen LogP contribution in [-0.4, -0.2) is 35.8 Å². The second kappa shape index (κ2) is 7.28. The van der Waals surface area contributed by atoms with Gasteiger partial charge in [-0.25, -0.2) is 0 Å². The molecule has 1 aliphatic rings. The van der Waals surface area contributed by atoms with Crippen LogP contribution in [0.3, 0.4) is 0 Å². The van der Waals surface area contributed by atoms with Crippen molar-refractivity contribution in [3.8, 4) is 0 Å². The van der Waals surface area contributed by atoms with Crippen molar-refractivity contribution in [3.05, 3.63) is 64.7 Å². The second-order valence-electron chi connectivity index (χ2n) is 6.35. The third-order valence-electron chi connectivity index (χ3n) is 4.64. The molecule has 1 atom stereocenters. The van der Waals surface area contributed by atoms with Crippen molar-refractivity contribution in [2.75, 3.05) is 18.0 Å². The zero-order chi connectivity index (χ0) is 18.0. The smallest absolute Gasteiger partial charge is 0.249 e. The zero-order valence-corrected chi connectivity index (χ0v) is 15.2. The number of halogens is 1. The molecule has 0 aromatic heterocycles. The molecule has 0 aliphatic carbocycles. The SMILES string of the molecule is Cc1ccc(Cl)cc1N1CCN(C(=O)Cc2ccccc2)C(C)C1=O. The number of piperazine rings is 1. The first kappa shape index (κ1) is 17.5. The van der Waals surface area contributed by atoms with Crippen LogP contribution in [0, 0.1) is 6.92 Å². The lowest BCUT2D eigenvalue weighted by Crippen LogP contribution is -2.58. The molecule has 5 heteroatoms. The van der Waals surface area contributed by atoms with Crippen molar-refractivity contribution in [2.24, 2.45) is 0 Å². The van der Waals surface area contributed by atoms with Crippen molar-refractivity contribution in [2.45, 2.75) is 26.3 Å². The number of nitrogens with zero attached hydrogens (tertiary/aromatic N) is 2. The first-order chi connectivity index (χ1) is 12.0. The van der Waals surface area contributed by atoms with E-state index in [9.17, 15) is 9.59 Å². The van der Waals surface area contributed by atoms with Gasteiger partial charge in [0.05, 0.1) is 6.42 Å². The summed E-state index contributed by atoms with van der Waals surface area (Å²) >= 11 is 6.09. The van der Waals surface area contributed by atoms with E-state index in [-0.39, 0.29) is 11.8 Å². The van der Waals surface area contributed by atoms with Crippen LogP contribution < -0.4 is 4.90 Å². The predicted molar refractivity (Wildman–Crippen MR) is 99.9 cm³/mol. The third kappa shape index (κ3) is 3.69. The summed E-state index contributed by atoms with van der Waals surface area (Å²) in [6.45, 7) is 4.74. The largest absolute Gasteiger partial charge is 0.329 e. The van der Waals surface area contributed by atoms with Crippen molar-refractivity contribution in [1.29, 1.82) is 0 Å². The fourth-order valence-electron chi connectivity index (χ4n) is 3.20. The fourth-order valence-corrected chi connectivity index (χ4v) is 3.36. The van der Waals surface area contributed by atoms with Crippen LogP contribution in [-0.2, 0) is 16.0 Å². The highest BCUT2D eigenvalue weighted by Crippen LogP contribution is 2.27. The van der Waals surface area contributed by atoms with Gasteiger partial charge in [-0.2, -0.15) is 0 Å². The molecule has 25 heavy (non-hydrogen) atoms. The van der Waals surface area contributed by atoms with Crippen LogP contribution in [0.5, 0.6) is 0 Å². The van der Waals surface area contributed by atoms with Gasteiger partial charge >= 0.3 is 0 Å². The van der Waals surface area contributed by atoms with Crippen LogP contribution in [0.4, 0.5) is 5.69 Å². The molecule has 4 nitrogen and oxygen atoms in total. The molecule has 0 radical (unpaired) electrons. The Morgan fingerprint density at radius 3 is 2.60 bits per heavy atom. The summed E-state index contributed by atoms with van der Waals surface area (Å²) < 4.78 is 0. The van der Waals surface area contributed by atoms with E-state index in [1.54, 1.807) is 16.7 Å². The maximum Gasteiger partial charge on any atom is 0.249 e. The van der Waals surface area contributed by atoms with Gasteiger partial charge in [0.15, 0.2) is 0 Å². The Morgan fingerprint density at radius 2 is 1.88 bits per heavy atom. The molecule has 1 heterocycles. The first-order valence-corrected chi connectivity index (χ1v) is 8.76. The Labute approximate surface area is 153 Å². The molecule has 3 rings (SSSR count). The molecule has 1 aliphatic heterocycles. The molecule has 130 valence electrons. The maximum absolute atomic E-state index is 12.8. The van der Waals surface area contributed by atoms with Gasteiger partial charge in [-0.3, -0.25) is 9.59 Å². The molecule has 0 N–H and O–H groups in total. The second-order valence-corrected chi connectivity index (χ2v) is 6.78. The Balaban J connectivity index is 1.75. The molecule has 2 amide bonds. The molecule has 1 fully saturated rings. The monoisotopic (exact) mass is 356 g/mol. The van der Waals surface area contributed by atoms with E-state index in [1.807, 2.05) is 55.5 Å². The average Bonchev–Trinajstić information content (AvgIpc) is 2.60. The normalized spacial score (nSPS) is 17.7. The summed E-state index contributed by atoms with van der Waals surface area (Å²) in [5.74, 6) is -0.0902. The van der Waals surface area contributed by atoms with Crippen LogP contribution in [0.2, 0.25) is 5.02 Å². The van der Waals surface area contributed by atoms with Crippen molar-refractivity contribution < 1.29 is 9.59 Å². The first-order valence-electron chi connectivity index (χ1n) is 8.38. The summed E-state index contributed by atoms with van der Waals surface area (Å²) in [5.41, 5.74) is 2.77. The molecule has 0 saturated carbocycles. The lowest BCUT2D eigenvalue weighted by molar-refractivity contribution is -0.140. The lowest BCUT2D eigenvalue weighted by atomic mass is 10.1. The van der Waals surface area contributed by atoms with E-state index in [0.717, 1.165) is 16.8 Å². The van der Waals surface area contributed by atoms with Crippen LogP contribution in [0.25, 0.3) is 0 Å². The van der Waals surface area contributed by atoms with E-state index in [0.29, 0.717) is 24.5 Å². The molecule has 0 bridgehead atoms. The quantitative estimate of drug-likeness (QED) is 0.845. The van der Waals surface area contributed by atoms with Crippen LogP contribution in [0.15, 0.2) is 48.5 Å². The van der Waals surface area contributed by atoms with Crippen molar-refractivity contribution in [1.82, 2.24) is 4.90 Å². The number of carbonyl (C=O) groups is 2. The standard InChI is InChI=1S/C20H21ClN2O2/c1-14-8-9-17(21)13-18(14)23-11-10-22(15(2)20(23)25)19(24)12-16-6-4-3-5-7-16/h3-9,13,15H,10-12H2,1-2H3. The van der Waals surface area contributed by atoms with Gasteiger partial charge in [0, 0.05) is 23.8 Å². The molecule has 2 aromatic rings. The number of rotatable bonds is 3. The van der Waals surface area contributed by atoms with E-state index in [2.05, 4.69) is 0 Å². The molecule has 1 saturated heterocycles. The van der Waals surface area contributed by atoms with Gasteiger partial charge in [0.25, 0.3) is 0 Å². The van der Waals surface area contributed by atoms with E-state index >= 15 is 0 Å². The Bertz CT molecular complexity index is 792. The van der Waals surface area contributed by atoms with E-state index in [4.69, 9.17) is 11.6 Å². The van der Waals surface area contributed by atoms with Gasteiger partial charge < -0.3 is 9.80 Å². The lowest BCUT2D eigenvalue weighted by Gasteiger charge is -2.39. The van der Waals surface area contributed by atoms with Crippen molar-refractivity contribution in [3.63, 3.8) is 0 Å². The molecule has 1 unspecified atom stereocenters. The van der Waals surface area contributed by atoms with Gasteiger partial charge in [0.2, 0.25) is 11.8 Å². The number of anilines is 1. The van der Waals surface area contributed by atoms with E-state index in [1.165, 1.54) is 0 Å². The number of hydrogen-bond acceptors (Lipinski definition) is 2. The summed E-state index contributed by atoms with van der Waals surface area (Å²) in [4.78, 5) is 28.9. The van der Waals surface area contributed by atoms with Gasteiger partial charge in [-0.15, -0.1) is 0 Å². The maximum atomic E-state index is 12.8. The van der Waals surface area contributed by atoms with Gasteiger partial charge in [-0.05, 0) is 37.1 Å². The number of carbonyl (C=O) groups excluding carboxylic acids is 2. The van der Waals surface area contributed by atoms with E-state index < -0.39 is 6.04 Å². The topological polar surface area (TPSA) is 40.6 Å². The predicted octanol–water partition coefficient (Wildman–Crippen LogP) is 3.45. The summed E-state index contributed by atoms with van der Waals surface area (Å²) in [7, 11) is 0. The summed E-state index contributed by atoms with van der Waals surface area (Å²) in [6, 6.07) is 14.6. The minimum Gasteiger partial charge on any atom is -0.329 e. The number of benzene rings is 2. The van der Waals surface area contributed by atoms with Crippen molar-refractivity contribution >= 4 is 29.1 Å². The van der Waals surface area contributed by atoms with Crippen LogP contribution in [0.1, 0.15) is 18.1 Å². The molecular formula is C20H21ClN2O2. The molecule has 2 aromatic carbocycles. The number of hydrogen-bond donors (Lipinski definition) is 0.